The minimum Gasteiger partial charge on any atom is -0.492 e. The topological polar surface area (TPSA) is 70.2 Å². The van der Waals surface area contributed by atoms with Crippen LogP contribution in [-0.4, -0.2) is 63.5 Å². The van der Waals surface area contributed by atoms with Crippen molar-refractivity contribution >= 4 is 21.6 Å². The number of ether oxygens (including phenoxy) is 1. The molecule has 1 saturated heterocycles. The number of carbonyl (C=O) groups excluding carboxylic acids is 1. The van der Waals surface area contributed by atoms with E-state index in [1.54, 1.807) is 53.4 Å². The molecule has 1 aliphatic heterocycles. The van der Waals surface area contributed by atoms with Gasteiger partial charge in [0.1, 0.15) is 12.3 Å². The summed E-state index contributed by atoms with van der Waals surface area (Å²) in [6.07, 6.45) is 0. The van der Waals surface area contributed by atoms with Gasteiger partial charge in [0.05, 0.1) is 23.2 Å². The van der Waals surface area contributed by atoms with Crippen LogP contribution in [0.3, 0.4) is 0 Å². The van der Waals surface area contributed by atoms with Crippen molar-refractivity contribution in [2.45, 2.75) is 24.8 Å². The zero-order valence-electron chi connectivity index (χ0n) is 24.1. The molecule has 0 radical (unpaired) electrons. The fourth-order valence-corrected chi connectivity index (χ4v) is 6.84. The van der Waals surface area contributed by atoms with Crippen LogP contribution in [0, 0.1) is 6.92 Å². The van der Waals surface area contributed by atoms with E-state index < -0.39 is 10.0 Å². The molecule has 8 heteroatoms. The van der Waals surface area contributed by atoms with Gasteiger partial charge in [-0.05, 0) is 49.2 Å². The molecule has 0 aliphatic carbocycles. The Morgan fingerprint density at radius 1 is 0.786 bits per heavy atom. The number of hydrogen-bond donors (Lipinski definition) is 0. The number of rotatable bonds is 10. The molecule has 1 aliphatic rings. The lowest BCUT2D eigenvalue weighted by atomic mass is 9.96. The highest BCUT2D eigenvalue weighted by atomic mass is 32.2. The number of aryl methyl sites for hydroxylation is 1. The molecule has 1 amide bonds. The van der Waals surface area contributed by atoms with Crippen LogP contribution in [0.1, 0.15) is 29.7 Å². The summed E-state index contributed by atoms with van der Waals surface area (Å²) in [6, 6.07) is 34.5. The first-order valence-corrected chi connectivity index (χ1v) is 15.8. The zero-order chi connectivity index (χ0) is 29.5. The molecule has 0 bridgehead atoms. The maximum absolute atomic E-state index is 14.0. The second-order valence-corrected chi connectivity index (χ2v) is 12.2. The van der Waals surface area contributed by atoms with Gasteiger partial charge < -0.3 is 9.64 Å². The van der Waals surface area contributed by atoms with E-state index in [9.17, 15) is 13.2 Å². The van der Waals surface area contributed by atoms with Crippen LogP contribution in [-0.2, 0) is 14.8 Å². The van der Waals surface area contributed by atoms with Gasteiger partial charge in [-0.15, -0.1) is 0 Å². The number of piperazine rings is 1. The molecule has 1 heterocycles. The largest absolute Gasteiger partial charge is 0.492 e. The van der Waals surface area contributed by atoms with E-state index in [-0.39, 0.29) is 23.4 Å². The second kappa shape index (κ2) is 13.2. The van der Waals surface area contributed by atoms with Gasteiger partial charge in [0.25, 0.3) is 10.0 Å². The Morgan fingerprint density at radius 2 is 1.33 bits per heavy atom. The van der Waals surface area contributed by atoms with E-state index in [0.29, 0.717) is 44.2 Å². The molecule has 7 nitrogen and oxygen atoms in total. The molecule has 42 heavy (non-hydrogen) atoms. The number of anilines is 1. The summed E-state index contributed by atoms with van der Waals surface area (Å²) in [7, 11) is -4.05. The lowest BCUT2D eigenvalue weighted by Gasteiger charge is -2.40. The van der Waals surface area contributed by atoms with E-state index in [0.717, 1.165) is 5.56 Å². The molecular weight excluding hydrogens is 546 g/mol. The Balaban J connectivity index is 1.38. The highest BCUT2D eigenvalue weighted by Crippen LogP contribution is 2.33. The maximum Gasteiger partial charge on any atom is 0.264 e. The van der Waals surface area contributed by atoms with Gasteiger partial charge in [-0.2, -0.15) is 0 Å². The molecule has 0 atom stereocenters. The van der Waals surface area contributed by atoms with E-state index in [1.807, 2.05) is 50.2 Å². The van der Waals surface area contributed by atoms with Crippen LogP contribution >= 0.6 is 0 Å². The molecule has 0 spiro atoms. The van der Waals surface area contributed by atoms with Crippen molar-refractivity contribution in [3.8, 4) is 5.75 Å². The number of benzene rings is 4. The Kier molecular flexibility index (Phi) is 9.25. The van der Waals surface area contributed by atoms with Gasteiger partial charge >= 0.3 is 0 Å². The summed E-state index contributed by atoms with van der Waals surface area (Å²) in [6.45, 7) is 6.14. The van der Waals surface area contributed by atoms with Crippen molar-refractivity contribution in [1.82, 2.24) is 9.80 Å². The van der Waals surface area contributed by atoms with E-state index in [4.69, 9.17) is 4.74 Å². The van der Waals surface area contributed by atoms with Crippen molar-refractivity contribution in [1.29, 1.82) is 0 Å². The molecule has 0 aromatic heterocycles. The van der Waals surface area contributed by atoms with Gasteiger partial charge in [-0.1, -0.05) is 90.5 Å². The van der Waals surface area contributed by atoms with Crippen molar-refractivity contribution in [2.75, 3.05) is 43.6 Å². The third-order valence-corrected chi connectivity index (χ3v) is 9.36. The number of para-hydroxylation sites is 2. The van der Waals surface area contributed by atoms with Crippen LogP contribution in [0.25, 0.3) is 0 Å². The first-order valence-electron chi connectivity index (χ1n) is 14.3. The number of nitrogens with zero attached hydrogens (tertiary/aromatic N) is 3. The maximum atomic E-state index is 14.0. The SMILES string of the molecule is CCOc1ccccc1N(CC(=O)N1CCN(C(c2ccccc2)c2ccccc2)CC1)S(=O)(=O)c1ccc(C)cc1. The van der Waals surface area contributed by atoms with Crippen LogP contribution in [0.15, 0.2) is 114 Å². The molecule has 0 N–H and O–H groups in total. The summed E-state index contributed by atoms with van der Waals surface area (Å²) < 4.78 is 34.9. The van der Waals surface area contributed by atoms with Gasteiger partial charge in [-0.3, -0.25) is 14.0 Å². The first kappa shape index (κ1) is 29.4. The molecule has 0 unspecified atom stereocenters. The standard InChI is InChI=1S/C34H37N3O4S/c1-3-41-32-17-11-10-16-31(32)37(42(39,40)30-20-18-27(2)19-21-30)26-33(38)35-22-24-36(25-23-35)34(28-12-6-4-7-13-28)29-14-8-5-9-15-29/h4-21,34H,3,22-26H2,1-2H3. The van der Waals surface area contributed by atoms with Crippen LogP contribution < -0.4 is 9.04 Å². The minimum absolute atomic E-state index is 0.0705. The van der Waals surface area contributed by atoms with Crippen molar-refractivity contribution in [3.05, 3.63) is 126 Å². The van der Waals surface area contributed by atoms with Crippen molar-refractivity contribution in [2.24, 2.45) is 0 Å². The number of carbonyl (C=O) groups is 1. The highest BCUT2D eigenvalue weighted by molar-refractivity contribution is 7.92. The molecule has 5 rings (SSSR count). The lowest BCUT2D eigenvalue weighted by molar-refractivity contribution is -0.131. The Hall–Kier alpha value is -4.14. The summed E-state index contributed by atoms with van der Waals surface area (Å²) >= 11 is 0. The summed E-state index contributed by atoms with van der Waals surface area (Å²) in [4.78, 5) is 18.0. The lowest BCUT2D eigenvalue weighted by Crippen LogP contribution is -2.52. The predicted molar refractivity (Wildman–Crippen MR) is 166 cm³/mol. The third-order valence-electron chi connectivity index (χ3n) is 7.58. The summed E-state index contributed by atoms with van der Waals surface area (Å²) in [5.41, 5.74) is 3.70. The van der Waals surface area contributed by atoms with Crippen LogP contribution in [0.5, 0.6) is 5.75 Å². The van der Waals surface area contributed by atoms with E-state index in [2.05, 4.69) is 29.2 Å². The summed E-state index contributed by atoms with van der Waals surface area (Å²) in [5.74, 6) is 0.175. The van der Waals surface area contributed by atoms with Gasteiger partial charge in [0.15, 0.2) is 0 Å². The average molecular weight is 584 g/mol. The molecule has 1 fully saturated rings. The molecule has 4 aromatic carbocycles. The van der Waals surface area contributed by atoms with E-state index >= 15 is 0 Å². The Morgan fingerprint density at radius 3 is 1.90 bits per heavy atom. The summed E-state index contributed by atoms with van der Waals surface area (Å²) in [5, 5.41) is 0. The Bertz CT molecular complexity index is 1530. The van der Waals surface area contributed by atoms with Crippen molar-refractivity contribution in [3.63, 3.8) is 0 Å². The number of sulfonamides is 1. The van der Waals surface area contributed by atoms with E-state index in [1.165, 1.54) is 15.4 Å². The predicted octanol–water partition coefficient (Wildman–Crippen LogP) is 5.52. The normalized spacial score (nSPS) is 14.1. The van der Waals surface area contributed by atoms with Crippen LogP contribution in [0.2, 0.25) is 0 Å². The van der Waals surface area contributed by atoms with Gasteiger partial charge in [0, 0.05) is 26.2 Å². The number of amides is 1. The molecule has 4 aromatic rings. The second-order valence-electron chi connectivity index (χ2n) is 10.4. The minimum atomic E-state index is -4.05. The molecule has 0 saturated carbocycles. The fourth-order valence-electron chi connectivity index (χ4n) is 5.41. The first-order chi connectivity index (χ1) is 20.4. The van der Waals surface area contributed by atoms with Crippen molar-refractivity contribution < 1.29 is 17.9 Å². The van der Waals surface area contributed by atoms with Crippen LogP contribution in [0.4, 0.5) is 5.69 Å². The highest BCUT2D eigenvalue weighted by Gasteiger charge is 2.33. The zero-order valence-corrected chi connectivity index (χ0v) is 24.9. The molecular formula is C34H37N3O4S. The monoisotopic (exact) mass is 583 g/mol. The Labute approximate surface area is 249 Å². The average Bonchev–Trinajstić information content (AvgIpc) is 3.02. The third kappa shape index (κ3) is 6.50. The smallest absolute Gasteiger partial charge is 0.264 e. The molecule has 218 valence electrons. The quantitative estimate of drug-likeness (QED) is 0.246. The van der Waals surface area contributed by atoms with Gasteiger partial charge in [0.2, 0.25) is 5.91 Å². The van der Waals surface area contributed by atoms with Gasteiger partial charge in [-0.25, -0.2) is 8.42 Å². The fraction of sp³-hybridized carbons (Fsp3) is 0.265. The number of hydrogen-bond acceptors (Lipinski definition) is 5.